The minimum Gasteiger partial charge on any atom is -0.394 e. The molecule has 0 saturated carbocycles. The van der Waals surface area contributed by atoms with Crippen LogP contribution in [0.4, 0.5) is 0 Å². The quantitative estimate of drug-likeness (QED) is 0.0275. The summed E-state index contributed by atoms with van der Waals surface area (Å²) in [5, 5.41) is 343. The molecule has 140 heavy (non-hydrogen) atoms. The molecule has 62 nitrogen and oxygen atoms in total. The smallest absolute Gasteiger partial charge is 0.217 e. The van der Waals surface area contributed by atoms with E-state index in [-0.39, 0.29) is 0 Å². The predicted octanol–water partition coefficient (Wildman–Crippen LogP) is -24.1. The Bertz CT molecular complexity index is 3910. The van der Waals surface area contributed by atoms with E-state index in [1.54, 1.807) is 0 Å². The van der Waals surface area contributed by atoms with Crippen LogP contribution < -0.4 is 31.9 Å². The van der Waals surface area contributed by atoms with E-state index in [0.717, 1.165) is 41.5 Å². The molecule has 0 aromatic carbocycles. The lowest BCUT2D eigenvalue weighted by molar-refractivity contribution is -0.403. The van der Waals surface area contributed by atoms with Crippen LogP contribution >= 0.6 is 0 Å². The molecule has 11 aliphatic rings. The van der Waals surface area contributed by atoms with Gasteiger partial charge in [0, 0.05) is 41.5 Å². The Kier molecular flexibility index (Phi) is 41.7. The third-order valence-electron chi connectivity index (χ3n) is 25.4. The second-order valence-electron chi connectivity index (χ2n) is 35.3. The third kappa shape index (κ3) is 25.8. The van der Waals surface area contributed by atoms with Gasteiger partial charge in [0.25, 0.3) is 0 Å². The fourth-order valence-electron chi connectivity index (χ4n) is 18.1. The van der Waals surface area contributed by atoms with Crippen molar-refractivity contribution in [1.29, 1.82) is 0 Å². The zero-order chi connectivity index (χ0) is 103. The van der Waals surface area contributed by atoms with E-state index < -0.39 is 446 Å². The molecule has 35 N–H and O–H groups in total. The van der Waals surface area contributed by atoms with Gasteiger partial charge in [-0.1, -0.05) is 0 Å². The minimum absolute atomic E-state index is 0.834. The molecule has 6 amide bonds. The fourth-order valence-corrected chi connectivity index (χ4v) is 18.1. The zero-order valence-corrected chi connectivity index (χ0v) is 75.5. The van der Waals surface area contributed by atoms with Gasteiger partial charge in [0.1, 0.15) is 268 Å². The Balaban J connectivity index is 0.997. The molecule has 11 heterocycles. The number of hydrogen-bond donors (Lipinski definition) is 35. The summed E-state index contributed by atoms with van der Waals surface area (Å²) in [4.78, 5) is 77.6. The van der Waals surface area contributed by atoms with Crippen molar-refractivity contribution in [1.82, 2.24) is 31.9 Å². The van der Waals surface area contributed by atoms with Crippen LogP contribution in [0.2, 0.25) is 0 Å². The topological polar surface area (TPSA) is 955 Å². The van der Waals surface area contributed by atoms with Gasteiger partial charge in [0.15, 0.2) is 69.2 Å². The van der Waals surface area contributed by atoms with Crippen LogP contribution in [0.5, 0.6) is 0 Å². The summed E-state index contributed by atoms with van der Waals surface area (Å²) < 4.78 is 127. The fraction of sp³-hybridized carbons (Fsp3) is 0.923. The van der Waals surface area contributed by atoms with Gasteiger partial charge in [-0.15, -0.1) is 0 Å². The van der Waals surface area contributed by atoms with Crippen molar-refractivity contribution in [2.75, 3.05) is 72.7 Å². The molecule has 11 aliphatic heterocycles. The Morgan fingerprint density at radius 3 is 0.764 bits per heavy atom. The van der Waals surface area contributed by atoms with E-state index in [2.05, 4.69) is 31.9 Å². The van der Waals surface area contributed by atoms with Crippen LogP contribution in [-0.2, 0) is 128 Å². The molecule has 0 aromatic rings. The van der Waals surface area contributed by atoms with Crippen LogP contribution in [0.3, 0.4) is 0 Å². The van der Waals surface area contributed by atoms with Crippen molar-refractivity contribution in [3.8, 4) is 0 Å². The van der Waals surface area contributed by atoms with Gasteiger partial charge in [-0.3, -0.25) is 28.8 Å². The number of hydrogen-bond acceptors (Lipinski definition) is 56. The first-order chi connectivity index (χ1) is 66.2. The third-order valence-corrected chi connectivity index (χ3v) is 25.4. The van der Waals surface area contributed by atoms with Gasteiger partial charge in [0.05, 0.1) is 72.7 Å². The first kappa shape index (κ1) is 115. The van der Waals surface area contributed by atoms with E-state index >= 15 is 0 Å². The maximum Gasteiger partial charge on any atom is 0.217 e. The largest absolute Gasteiger partial charge is 0.394 e. The van der Waals surface area contributed by atoms with Crippen molar-refractivity contribution in [3.63, 3.8) is 0 Å². The average molecular weight is 2050 g/mol. The molecule has 808 valence electrons. The summed E-state index contributed by atoms with van der Waals surface area (Å²) in [6.45, 7) is -7.26. The molecular formula is C78H130N6O56. The summed E-state index contributed by atoms with van der Waals surface area (Å²) >= 11 is 0. The van der Waals surface area contributed by atoms with Crippen molar-refractivity contribution < 1.29 is 276 Å². The summed E-state index contributed by atoms with van der Waals surface area (Å²) in [5.41, 5.74) is 0. The summed E-state index contributed by atoms with van der Waals surface area (Å²) in [6, 6.07) is -11.5. The van der Waals surface area contributed by atoms with Gasteiger partial charge in [-0.2, -0.15) is 0 Å². The lowest BCUT2D eigenvalue weighted by atomic mass is 9.93. The molecule has 11 fully saturated rings. The first-order valence-electron chi connectivity index (χ1n) is 44.6. The maximum atomic E-state index is 13.3. The van der Waals surface area contributed by atoms with Gasteiger partial charge in [-0.05, 0) is 0 Å². The number of carbonyl (C=O) groups excluding carboxylic acids is 6. The minimum atomic E-state index is -2.75. The highest BCUT2D eigenvalue weighted by molar-refractivity contribution is 5.75. The number of ether oxygens (including phenoxy) is 21. The van der Waals surface area contributed by atoms with E-state index in [4.69, 9.17) is 99.5 Å². The highest BCUT2D eigenvalue weighted by Gasteiger charge is 2.63. The zero-order valence-electron chi connectivity index (χ0n) is 75.5. The lowest BCUT2D eigenvalue weighted by Gasteiger charge is -2.52. The van der Waals surface area contributed by atoms with Crippen LogP contribution in [0.25, 0.3) is 0 Å². The number of rotatable bonds is 37. The van der Waals surface area contributed by atoms with E-state index in [1.165, 1.54) is 0 Å². The van der Waals surface area contributed by atoms with Crippen molar-refractivity contribution in [2.24, 2.45) is 0 Å². The maximum absolute atomic E-state index is 13.3. The van der Waals surface area contributed by atoms with Gasteiger partial charge in [-0.25, -0.2) is 0 Å². The van der Waals surface area contributed by atoms with Crippen LogP contribution in [-0.4, -0.2) is 594 Å². The Labute approximate surface area is 792 Å². The Morgan fingerprint density at radius 2 is 0.407 bits per heavy atom. The van der Waals surface area contributed by atoms with Crippen LogP contribution in [0.1, 0.15) is 41.5 Å². The summed E-state index contributed by atoms with van der Waals surface area (Å²) in [5.74, 6) is -5.72. The molecule has 0 radical (unpaired) electrons. The standard InChI is InChI=1S/C78H130N6O56/c1-18(94)79-35-49(108)60(28(11-89)122-68(35)119)133-72-39(83-22(5)98)51(110)63(31(14-92)128-72)137-76-59(118)65(138-78-67(140-71-37(81-20(3)96)48(107)42(101)25(8-86)124-71)58(117)64(32(15-93)130-78)134-70-36(80-19(2)95)47(106)41(100)24(7-85)123-70)46(105)34(131-76)17-121-77-66(139-73-40(84-23(6)99)52(111)62(30(13-91)129-73)136-75-57(116)54(113)44(103)27(10-88)126-75)55(114)45(104)33(132-77)16-120-69-38(82-21(4)97)50(109)61(29(12-90)127-69)135-74-56(115)53(112)43(102)26(9-87)125-74/h24-78,85-93,100-119H,7-17H2,1-6H3,(H,79,94)(H,80,95)(H,81,96)(H,82,97)(H,83,98)(H,84,99)/t24-,25-,26-,27-,28-,29-,30-,31-,32-,33-,34-,35-,36-,37-,38-,39-,40-,41-,42-,43+,44+,45-,46-,47-,48-,49-,50-,51-,52-,53+,54+,55+,56-,57-,58+,59+,60-,61-,62-,63-,64-,65+,66+,67+,68-,69-,70+,71+,72+,73+,74+,75+,76+,77+,78-/m1/s1. The molecule has 11 saturated heterocycles. The van der Waals surface area contributed by atoms with Crippen molar-refractivity contribution in [2.45, 2.75) is 379 Å². The van der Waals surface area contributed by atoms with E-state index in [9.17, 15) is 177 Å². The monoisotopic (exact) mass is 2050 g/mol. The summed E-state index contributed by atoms with van der Waals surface area (Å²) in [7, 11) is 0. The molecule has 62 heteroatoms. The molecule has 0 spiro atoms. The second kappa shape index (κ2) is 50.7. The average Bonchev–Trinajstić information content (AvgIpc) is 0.765. The molecule has 0 aromatic heterocycles. The number of aliphatic hydroxyl groups is 29. The molecule has 0 unspecified atom stereocenters. The normalized spacial score (nSPS) is 48.1. The SMILES string of the molecule is CC(=O)N[C@@H]1[C@@H](O)[C@H](O[C@@H]2O[C@H](CO)[C@@H](O[C@@H]3O[C@H](CO[C@H]4O[C@H](CO[C@@H]5O[C@H](CO)[C@@H](O[C@@H]6O[C@H](CO)[C@H](O)[C@H](O)[C@H]6O)[C@H](O)[C@H]5NC(C)=O)[C@@H](O)[C@H](O)[C@@H]4O[C@@H]4O[C@H](CO)[C@@H](O[C@@H]5O[C@H](CO)[C@H](O)[C@H](O)[C@H]5O)[C@H](O)[C@H]4NC(C)=O)[C@@H](O)[C@H](O[C@H]4O[C@H](CO)[C@@H](O[C@@H]5O[C@H](CO)[C@@H](O)[C@H](O)[C@H]5NC(C)=O)[C@H](O)[C@@H]4O[C@@H]4O[C@H](CO)[C@@H](O)[C@H](O)[C@H]4NC(C)=O)[C@@H]3O)[C@H](O)[C@H]2NC(C)=O)[C@@H](CO)O[C@H]1O. The predicted molar refractivity (Wildman–Crippen MR) is 432 cm³/mol. The number of nitrogens with one attached hydrogen (secondary N) is 6. The number of aliphatic hydroxyl groups excluding tert-OH is 29. The van der Waals surface area contributed by atoms with Gasteiger partial charge in [0.2, 0.25) is 35.4 Å². The van der Waals surface area contributed by atoms with Gasteiger partial charge >= 0.3 is 0 Å². The highest BCUT2D eigenvalue weighted by atomic mass is 16.8. The lowest BCUT2D eigenvalue weighted by Crippen LogP contribution is -2.71. The number of carbonyl (C=O) groups is 6. The first-order valence-corrected chi connectivity index (χ1v) is 44.6. The van der Waals surface area contributed by atoms with Crippen molar-refractivity contribution in [3.05, 3.63) is 0 Å². The molecule has 55 atom stereocenters. The molecule has 0 bridgehead atoms. The Morgan fingerprint density at radius 1 is 0.186 bits per heavy atom. The number of amides is 6. The molecule has 0 aliphatic carbocycles. The molecular weight excluding hydrogens is 1920 g/mol. The van der Waals surface area contributed by atoms with Crippen LogP contribution in [0, 0.1) is 0 Å². The van der Waals surface area contributed by atoms with E-state index in [0.29, 0.717) is 0 Å². The van der Waals surface area contributed by atoms with E-state index in [1.807, 2.05) is 0 Å². The Hall–Kier alpha value is -5.18. The van der Waals surface area contributed by atoms with Crippen molar-refractivity contribution >= 4 is 35.4 Å². The van der Waals surface area contributed by atoms with Crippen LogP contribution in [0.15, 0.2) is 0 Å². The highest BCUT2D eigenvalue weighted by Crippen LogP contribution is 2.42. The second-order valence-corrected chi connectivity index (χ2v) is 35.3. The molecule has 11 rings (SSSR count). The van der Waals surface area contributed by atoms with Gasteiger partial charge < -0.3 is 279 Å². The summed E-state index contributed by atoms with van der Waals surface area (Å²) in [6.07, 6.45) is -106.